The summed E-state index contributed by atoms with van der Waals surface area (Å²) in [6.45, 7) is 5.53. The summed E-state index contributed by atoms with van der Waals surface area (Å²) in [6.07, 6.45) is 1.68. The van der Waals surface area contributed by atoms with E-state index in [-0.39, 0.29) is 16.8 Å². The van der Waals surface area contributed by atoms with Crippen LogP contribution in [-0.4, -0.2) is 22.0 Å². The first-order chi connectivity index (χ1) is 11.3. The molecule has 126 valence electrons. The lowest BCUT2D eigenvalue weighted by molar-refractivity contribution is -0.124. The molecule has 0 spiro atoms. The van der Waals surface area contributed by atoms with Gasteiger partial charge in [-0.25, -0.2) is 9.78 Å². The van der Waals surface area contributed by atoms with Crippen LogP contribution in [0.1, 0.15) is 57.3 Å². The Labute approximate surface area is 144 Å². The number of nitrogens with one attached hydrogen (secondary N) is 1. The zero-order valence-corrected chi connectivity index (χ0v) is 14.7. The van der Waals surface area contributed by atoms with Gasteiger partial charge >= 0.3 is 5.97 Å². The number of hydrogen-bond donors (Lipinski definition) is 2. The van der Waals surface area contributed by atoms with Crippen molar-refractivity contribution in [3.8, 4) is 0 Å². The van der Waals surface area contributed by atoms with Crippen LogP contribution in [0.2, 0.25) is 0 Å². The second-order valence-corrected chi connectivity index (χ2v) is 7.45. The molecule has 2 aromatic rings. The molecule has 1 unspecified atom stereocenters. The second-order valence-electron chi connectivity index (χ2n) is 6.42. The smallest absolute Gasteiger partial charge is 0.347 e. The Morgan fingerprint density at radius 2 is 2.04 bits per heavy atom. The highest BCUT2D eigenvalue weighted by atomic mass is 32.1. The van der Waals surface area contributed by atoms with E-state index < -0.39 is 11.4 Å². The van der Waals surface area contributed by atoms with Crippen LogP contribution in [0.15, 0.2) is 24.3 Å². The standard InChI is InChI=1S/C18H20N2O3S/c1-10-5-4-6-13(9-10)18(7-8-18)17(23)20-12(3)15-19-11(2)14(24-15)16(21)22/h4-6,9,12H,7-8H2,1-3H3,(H,20,23)(H,21,22). The lowest BCUT2D eigenvalue weighted by Crippen LogP contribution is -2.36. The molecule has 1 aliphatic carbocycles. The molecule has 3 rings (SSSR count). The van der Waals surface area contributed by atoms with E-state index in [1.807, 2.05) is 32.0 Å². The topological polar surface area (TPSA) is 79.3 Å². The van der Waals surface area contributed by atoms with Crippen molar-refractivity contribution in [3.05, 3.63) is 51.0 Å². The molecule has 6 heteroatoms. The number of benzene rings is 1. The van der Waals surface area contributed by atoms with Crippen molar-refractivity contribution in [1.29, 1.82) is 0 Å². The summed E-state index contributed by atoms with van der Waals surface area (Å²) in [6, 6.07) is 7.75. The number of aromatic nitrogens is 1. The molecule has 0 saturated heterocycles. The van der Waals surface area contributed by atoms with Crippen molar-refractivity contribution in [1.82, 2.24) is 10.3 Å². The van der Waals surface area contributed by atoms with E-state index in [4.69, 9.17) is 5.11 Å². The summed E-state index contributed by atoms with van der Waals surface area (Å²) in [5.41, 5.74) is 2.24. The van der Waals surface area contributed by atoms with Gasteiger partial charge in [0.25, 0.3) is 0 Å². The van der Waals surface area contributed by atoms with Gasteiger partial charge in [-0.05, 0) is 39.2 Å². The number of carbonyl (C=O) groups is 2. The monoisotopic (exact) mass is 344 g/mol. The van der Waals surface area contributed by atoms with Crippen molar-refractivity contribution < 1.29 is 14.7 Å². The van der Waals surface area contributed by atoms with Crippen LogP contribution in [0.25, 0.3) is 0 Å². The number of aromatic carboxylic acids is 1. The van der Waals surface area contributed by atoms with E-state index in [1.165, 1.54) is 0 Å². The minimum absolute atomic E-state index is 0.00896. The van der Waals surface area contributed by atoms with Gasteiger partial charge in [-0.3, -0.25) is 4.79 Å². The van der Waals surface area contributed by atoms with Crippen LogP contribution in [0, 0.1) is 13.8 Å². The van der Waals surface area contributed by atoms with Gasteiger partial charge in [-0.15, -0.1) is 11.3 Å². The van der Waals surface area contributed by atoms with Crippen LogP contribution in [0.4, 0.5) is 0 Å². The number of rotatable bonds is 5. The van der Waals surface area contributed by atoms with Crippen molar-refractivity contribution in [2.45, 2.75) is 45.1 Å². The van der Waals surface area contributed by atoms with Gasteiger partial charge in [0.05, 0.1) is 17.2 Å². The maximum atomic E-state index is 12.8. The van der Waals surface area contributed by atoms with E-state index in [9.17, 15) is 9.59 Å². The average Bonchev–Trinajstić information content (AvgIpc) is 3.24. The highest BCUT2D eigenvalue weighted by Gasteiger charge is 2.51. The predicted molar refractivity (Wildman–Crippen MR) is 92.5 cm³/mol. The van der Waals surface area contributed by atoms with Crippen LogP contribution in [-0.2, 0) is 10.2 Å². The van der Waals surface area contributed by atoms with Gasteiger partial charge in [0.15, 0.2) is 0 Å². The number of carboxylic acid groups (broad SMARTS) is 1. The van der Waals surface area contributed by atoms with E-state index in [0.717, 1.165) is 35.3 Å². The van der Waals surface area contributed by atoms with Crippen molar-refractivity contribution in [2.24, 2.45) is 0 Å². The SMILES string of the molecule is Cc1cccc(C2(C(=O)NC(C)c3nc(C)c(C(=O)O)s3)CC2)c1. The molecule has 1 aromatic carbocycles. The predicted octanol–water partition coefficient (Wildman–Crippen LogP) is 3.37. The average molecular weight is 344 g/mol. The number of aryl methyl sites for hydroxylation is 2. The molecular formula is C18H20N2O3S. The Bertz CT molecular complexity index is 808. The van der Waals surface area contributed by atoms with Crippen molar-refractivity contribution in [3.63, 3.8) is 0 Å². The van der Waals surface area contributed by atoms with Gasteiger partial charge in [0, 0.05) is 0 Å². The number of amides is 1. The van der Waals surface area contributed by atoms with Crippen LogP contribution >= 0.6 is 11.3 Å². The minimum Gasteiger partial charge on any atom is -0.477 e. The third kappa shape index (κ3) is 2.94. The van der Waals surface area contributed by atoms with Gasteiger partial charge in [0.1, 0.15) is 9.88 Å². The first-order valence-electron chi connectivity index (χ1n) is 7.92. The van der Waals surface area contributed by atoms with Crippen LogP contribution in [0.5, 0.6) is 0 Å². The maximum Gasteiger partial charge on any atom is 0.347 e. The van der Waals surface area contributed by atoms with E-state index in [0.29, 0.717) is 10.7 Å². The first-order valence-corrected chi connectivity index (χ1v) is 8.74. The molecule has 1 aromatic heterocycles. The quantitative estimate of drug-likeness (QED) is 0.871. The summed E-state index contributed by atoms with van der Waals surface area (Å²) in [5.74, 6) is -0.987. The maximum absolute atomic E-state index is 12.8. The molecule has 1 fully saturated rings. The van der Waals surface area contributed by atoms with Crippen LogP contribution in [0.3, 0.4) is 0 Å². The van der Waals surface area contributed by atoms with Crippen molar-refractivity contribution >= 4 is 23.2 Å². The molecule has 1 amide bonds. The molecule has 1 aliphatic rings. The molecule has 0 radical (unpaired) electrons. The van der Waals surface area contributed by atoms with E-state index in [1.54, 1.807) is 6.92 Å². The van der Waals surface area contributed by atoms with Crippen LogP contribution < -0.4 is 5.32 Å². The molecule has 1 heterocycles. The summed E-state index contributed by atoms with van der Waals surface area (Å²) in [4.78, 5) is 28.5. The van der Waals surface area contributed by atoms with E-state index >= 15 is 0 Å². The molecule has 24 heavy (non-hydrogen) atoms. The summed E-state index contributed by atoms with van der Waals surface area (Å²) >= 11 is 1.12. The molecule has 2 N–H and O–H groups in total. The number of nitrogens with zero attached hydrogens (tertiary/aromatic N) is 1. The first kappa shape index (κ1) is 16.6. The molecule has 1 atom stereocenters. The van der Waals surface area contributed by atoms with E-state index in [2.05, 4.69) is 16.4 Å². The second kappa shape index (κ2) is 6.02. The summed E-state index contributed by atoms with van der Waals surface area (Å²) < 4.78 is 0. The Hall–Kier alpha value is -2.21. The third-order valence-electron chi connectivity index (χ3n) is 4.48. The number of carboxylic acids is 1. The van der Waals surface area contributed by atoms with Gasteiger partial charge in [0.2, 0.25) is 5.91 Å². The number of carbonyl (C=O) groups excluding carboxylic acids is 1. The molecule has 1 saturated carbocycles. The Morgan fingerprint density at radius 1 is 1.33 bits per heavy atom. The fourth-order valence-corrected chi connectivity index (χ4v) is 3.82. The third-order valence-corrected chi connectivity index (χ3v) is 5.81. The highest BCUT2D eigenvalue weighted by molar-refractivity contribution is 7.13. The lowest BCUT2D eigenvalue weighted by atomic mass is 9.93. The van der Waals surface area contributed by atoms with Crippen molar-refractivity contribution in [2.75, 3.05) is 0 Å². The highest BCUT2D eigenvalue weighted by Crippen LogP contribution is 2.49. The molecule has 5 nitrogen and oxygen atoms in total. The fourth-order valence-electron chi connectivity index (χ4n) is 2.91. The summed E-state index contributed by atoms with van der Waals surface area (Å²) in [7, 11) is 0. The fraction of sp³-hybridized carbons (Fsp3) is 0.389. The largest absolute Gasteiger partial charge is 0.477 e. The van der Waals surface area contributed by atoms with Gasteiger partial charge in [-0.2, -0.15) is 0 Å². The number of thiazole rings is 1. The normalized spacial score (nSPS) is 16.5. The molecular weight excluding hydrogens is 324 g/mol. The Morgan fingerprint density at radius 3 is 2.58 bits per heavy atom. The molecule has 0 aliphatic heterocycles. The van der Waals surface area contributed by atoms with Gasteiger partial charge < -0.3 is 10.4 Å². The summed E-state index contributed by atoms with van der Waals surface area (Å²) in [5, 5.41) is 12.8. The Balaban J connectivity index is 1.77. The zero-order valence-electron chi connectivity index (χ0n) is 13.9. The zero-order chi connectivity index (χ0) is 17.5. The minimum atomic E-state index is -0.979. The number of hydrogen-bond acceptors (Lipinski definition) is 4. The Kier molecular flexibility index (Phi) is 4.17. The molecule has 0 bridgehead atoms. The van der Waals surface area contributed by atoms with Gasteiger partial charge in [-0.1, -0.05) is 29.8 Å². The lowest BCUT2D eigenvalue weighted by Gasteiger charge is -2.19.